The van der Waals surface area contributed by atoms with Crippen molar-refractivity contribution in [2.24, 2.45) is 5.92 Å². The summed E-state index contributed by atoms with van der Waals surface area (Å²) in [6, 6.07) is 4.59. The number of carbonyl (C=O) groups excluding carboxylic acids is 3. The van der Waals surface area contributed by atoms with Crippen molar-refractivity contribution < 1.29 is 23.9 Å². The van der Waals surface area contributed by atoms with Crippen molar-refractivity contribution in [3.05, 3.63) is 34.9 Å². The maximum atomic E-state index is 12.0. The molecule has 1 N–H and O–H groups in total. The Hall–Kier alpha value is -2.37. The fourth-order valence-corrected chi connectivity index (χ4v) is 2.37. The van der Waals surface area contributed by atoms with Crippen LogP contribution in [0.4, 0.5) is 0 Å². The number of carbonyl (C=O) groups is 3. The van der Waals surface area contributed by atoms with E-state index in [0.29, 0.717) is 12.0 Å². The van der Waals surface area contributed by atoms with E-state index in [1.807, 2.05) is 33.8 Å². The van der Waals surface area contributed by atoms with E-state index in [9.17, 15) is 14.4 Å². The summed E-state index contributed by atoms with van der Waals surface area (Å²) in [4.78, 5) is 35.6. The summed E-state index contributed by atoms with van der Waals surface area (Å²) in [7, 11) is 1.27. The minimum Gasteiger partial charge on any atom is -0.467 e. The molecular formula is C18H25NO5. The average molecular weight is 335 g/mol. The van der Waals surface area contributed by atoms with E-state index in [1.54, 1.807) is 12.1 Å². The summed E-state index contributed by atoms with van der Waals surface area (Å²) >= 11 is 0. The van der Waals surface area contributed by atoms with Gasteiger partial charge in [-0.1, -0.05) is 31.0 Å². The minimum atomic E-state index is -0.748. The van der Waals surface area contributed by atoms with Crippen LogP contribution in [-0.4, -0.2) is 37.6 Å². The van der Waals surface area contributed by atoms with Crippen molar-refractivity contribution in [2.45, 2.75) is 40.2 Å². The molecule has 0 heterocycles. The molecule has 0 aliphatic carbocycles. The molecule has 0 radical (unpaired) electrons. The zero-order valence-electron chi connectivity index (χ0n) is 14.8. The standard InChI is InChI=1S/C18H25NO5/c1-11(2)6-15(18(22)23-5)19-16(20)10-24-17(21)14-8-12(3)7-13(4)9-14/h7-9,11,15H,6,10H2,1-5H3,(H,19,20)/t15-/m0/s1. The average Bonchev–Trinajstić information content (AvgIpc) is 2.49. The van der Waals surface area contributed by atoms with Gasteiger partial charge in [0.15, 0.2) is 6.61 Å². The number of methoxy groups -OCH3 is 1. The summed E-state index contributed by atoms with van der Waals surface area (Å²) in [5, 5.41) is 2.54. The fraction of sp³-hybridized carbons (Fsp3) is 0.500. The van der Waals surface area contributed by atoms with E-state index in [-0.39, 0.29) is 5.92 Å². The lowest BCUT2D eigenvalue weighted by molar-refractivity contribution is -0.145. The number of nitrogens with one attached hydrogen (secondary N) is 1. The zero-order valence-corrected chi connectivity index (χ0v) is 14.8. The van der Waals surface area contributed by atoms with Gasteiger partial charge in [0.2, 0.25) is 0 Å². The molecule has 0 unspecified atom stereocenters. The zero-order chi connectivity index (χ0) is 18.3. The molecule has 0 aliphatic heterocycles. The lowest BCUT2D eigenvalue weighted by Crippen LogP contribution is -2.44. The van der Waals surface area contributed by atoms with E-state index < -0.39 is 30.5 Å². The number of amides is 1. The highest BCUT2D eigenvalue weighted by molar-refractivity contribution is 5.92. The topological polar surface area (TPSA) is 81.7 Å². The summed E-state index contributed by atoms with van der Waals surface area (Å²) < 4.78 is 9.69. The molecule has 24 heavy (non-hydrogen) atoms. The smallest absolute Gasteiger partial charge is 0.338 e. The Morgan fingerprint density at radius 1 is 1.08 bits per heavy atom. The van der Waals surface area contributed by atoms with Crippen LogP contribution in [0.25, 0.3) is 0 Å². The number of benzene rings is 1. The van der Waals surface area contributed by atoms with Gasteiger partial charge in [-0.15, -0.1) is 0 Å². The van der Waals surface area contributed by atoms with Gasteiger partial charge in [-0.25, -0.2) is 9.59 Å². The summed E-state index contributed by atoms with van der Waals surface area (Å²) in [5.74, 6) is -1.43. The van der Waals surface area contributed by atoms with Crippen LogP contribution in [0.1, 0.15) is 41.8 Å². The molecule has 0 aromatic heterocycles. The Balaban J connectivity index is 2.60. The summed E-state index contributed by atoms with van der Waals surface area (Å²) in [5.41, 5.74) is 2.27. The number of esters is 2. The molecular weight excluding hydrogens is 310 g/mol. The van der Waals surface area contributed by atoms with E-state index in [1.165, 1.54) is 7.11 Å². The molecule has 1 aromatic carbocycles. The molecule has 132 valence electrons. The van der Waals surface area contributed by atoms with Gasteiger partial charge in [0.25, 0.3) is 5.91 Å². The van der Waals surface area contributed by atoms with Crippen molar-refractivity contribution in [2.75, 3.05) is 13.7 Å². The van der Waals surface area contributed by atoms with Gasteiger partial charge in [0.1, 0.15) is 6.04 Å². The second-order valence-corrected chi connectivity index (χ2v) is 6.23. The molecule has 1 rings (SSSR count). The maximum absolute atomic E-state index is 12.0. The van der Waals surface area contributed by atoms with Gasteiger partial charge in [-0.05, 0) is 38.3 Å². The molecule has 1 amide bonds. The molecule has 1 atom stereocenters. The predicted molar refractivity (Wildman–Crippen MR) is 89.6 cm³/mol. The quantitative estimate of drug-likeness (QED) is 0.772. The molecule has 0 spiro atoms. The number of rotatable bonds is 7. The Labute approximate surface area is 142 Å². The van der Waals surface area contributed by atoms with Gasteiger partial charge in [-0.3, -0.25) is 4.79 Å². The van der Waals surface area contributed by atoms with Crippen LogP contribution in [0, 0.1) is 19.8 Å². The molecule has 0 bridgehead atoms. The minimum absolute atomic E-state index is 0.201. The van der Waals surface area contributed by atoms with Crippen LogP contribution in [0.2, 0.25) is 0 Å². The fourth-order valence-electron chi connectivity index (χ4n) is 2.37. The van der Waals surface area contributed by atoms with E-state index in [2.05, 4.69) is 10.1 Å². The summed E-state index contributed by atoms with van der Waals surface area (Å²) in [6.07, 6.45) is 0.448. The Bertz CT molecular complexity index is 589. The lowest BCUT2D eigenvalue weighted by atomic mass is 10.0. The third kappa shape index (κ3) is 6.40. The first-order valence-corrected chi connectivity index (χ1v) is 7.85. The third-order valence-electron chi connectivity index (χ3n) is 3.32. The monoisotopic (exact) mass is 335 g/mol. The highest BCUT2D eigenvalue weighted by Gasteiger charge is 2.23. The van der Waals surface area contributed by atoms with E-state index in [4.69, 9.17) is 4.74 Å². The van der Waals surface area contributed by atoms with Crippen LogP contribution >= 0.6 is 0 Å². The second kappa shape index (κ2) is 9.05. The Morgan fingerprint density at radius 3 is 2.17 bits per heavy atom. The Morgan fingerprint density at radius 2 is 1.67 bits per heavy atom. The molecule has 0 aliphatic rings. The molecule has 6 nitrogen and oxygen atoms in total. The van der Waals surface area contributed by atoms with Gasteiger partial charge < -0.3 is 14.8 Å². The first-order valence-electron chi connectivity index (χ1n) is 7.85. The maximum Gasteiger partial charge on any atom is 0.338 e. The van der Waals surface area contributed by atoms with Gasteiger partial charge >= 0.3 is 11.9 Å². The third-order valence-corrected chi connectivity index (χ3v) is 3.32. The lowest BCUT2D eigenvalue weighted by Gasteiger charge is -2.18. The van der Waals surface area contributed by atoms with Crippen molar-refractivity contribution in [1.29, 1.82) is 0 Å². The van der Waals surface area contributed by atoms with Gasteiger partial charge in [0, 0.05) is 0 Å². The second-order valence-electron chi connectivity index (χ2n) is 6.23. The van der Waals surface area contributed by atoms with Crippen LogP contribution < -0.4 is 5.32 Å². The van der Waals surface area contributed by atoms with Crippen LogP contribution in [0.3, 0.4) is 0 Å². The number of ether oxygens (including phenoxy) is 2. The first-order chi connectivity index (χ1) is 11.2. The van der Waals surface area contributed by atoms with Crippen LogP contribution in [0.15, 0.2) is 18.2 Å². The normalized spacial score (nSPS) is 11.8. The highest BCUT2D eigenvalue weighted by atomic mass is 16.5. The Kier molecular flexibility index (Phi) is 7.42. The van der Waals surface area contributed by atoms with E-state index >= 15 is 0 Å². The highest BCUT2D eigenvalue weighted by Crippen LogP contribution is 2.10. The molecule has 6 heteroatoms. The van der Waals surface area contributed by atoms with E-state index in [0.717, 1.165) is 11.1 Å². The molecule has 0 saturated carbocycles. The predicted octanol–water partition coefficient (Wildman–Crippen LogP) is 2.16. The van der Waals surface area contributed by atoms with Crippen molar-refractivity contribution in [1.82, 2.24) is 5.32 Å². The van der Waals surface area contributed by atoms with Crippen LogP contribution in [0.5, 0.6) is 0 Å². The largest absolute Gasteiger partial charge is 0.467 e. The van der Waals surface area contributed by atoms with Crippen molar-refractivity contribution >= 4 is 17.8 Å². The van der Waals surface area contributed by atoms with Crippen LogP contribution in [-0.2, 0) is 19.1 Å². The van der Waals surface area contributed by atoms with Gasteiger partial charge in [0.05, 0.1) is 12.7 Å². The molecule has 0 fully saturated rings. The SMILES string of the molecule is COC(=O)[C@H](CC(C)C)NC(=O)COC(=O)c1cc(C)cc(C)c1. The molecule has 1 aromatic rings. The number of hydrogen-bond donors (Lipinski definition) is 1. The molecule has 0 saturated heterocycles. The van der Waals surface area contributed by atoms with Crippen molar-refractivity contribution in [3.63, 3.8) is 0 Å². The van der Waals surface area contributed by atoms with Gasteiger partial charge in [-0.2, -0.15) is 0 Å². The first kappa shape index (κ1) is 19.7. The summed E-state index contributed by atoms with van der Waals surface area (Å²) in [6.45, 7) is 7.18. The number of hydrogen-bond acceptors (Lipinski definition) is 5. The van der Waals surface area contributed by atoms with Crippen molar-refractivity contribution in [3.8, 4) is 0 Å². The number of aryl methyl sites for hydroxylation is 2.